The van der Waals surface area contributed by atoms with E-state index in [2.05, 4.69) is 6.58 Å². The fraction of sp³-hybridized carbons (Fsp3) is 0.167. The van der Waals surface area contributed by atoms with Gasteiger partial charge in [-0.05, 0) is 12.5 Å². The molecule has 1 aliphatic rings. The van der Waals surface area contributed by atoms with Gasteiger partial charge in [0.05, 0.1) is 11.3 Å². The highest BCUT2D eigenvalue weighted by atomic mass is 19.1. The van der Waals surface area contributed by atoms with E-state index in [9.17, 15) is 18.4 Å². The molecule has 17 heavy (non-hydrogen) atoms. The minimum atomic E-state index is -0.900. The summed E-state index contributed by atoms with van der Waals surface area (Å²) in [6, 6.07) is 1.54. The summed E-state index contributed by atoms with van der Waals surface area (Å²) in [6.45, 7) is 3.64. The maximum Gasteiger partial charge on any atom is 0.299 e. The number of amides is 1. The van der Waals surface area contributed by atoms with E-state index in [4.69, 9.17) is 0 Å². The van der Waals surface area contributed by atoms with Crippen LogP contribution in [0.2, 0.25) is 0 Å². The lowest BCUT2D eigenvalue weighted by atomic mass is 10.1. The number of rotatable bonds is 3. The van der Waals surface area contributed by atoms with Crippen molar-refractivity contribution in [2.24, 2.45) is 0 Å². The molecule has 1 heterocycles. The third-order valence-corrected chi connectivity index (χ3v) is 2.54. The number of anilines is 1. The molecule has 0 aromatic heterocycles. The standard InChI is InChI=1S/C12H9F2NO2/c1-2-3-4-15-10-8(11(16)12(15)17)5-7(13)6-9(10)14/h2,5-6H,1,3-4H2. The molecular weight excluding hydrogens is 228 g/mol. The molecule has 0 spiro atoms. The summed E-state index contributed by atoms with van der Waals surface area (Å²) in [7, 11) is 0. The number of nitrogens with zero attached hydrogens (tertiary/aromatic N) is 1. The molecule has 5 heteroatoms. The van der Waals surface area contributed by atoms with E-state index in [1.807, 2.05) is 0 Å². The molecule has 0 saturated carbocycles. The highest BCUT2D eigenvalue weighted by molar-refractivity contribution is 6.52. The van der Waals surface area contributed by atoms with Crippen LogP contribution in [-0.2, 0) is 4.79 Å². The van der Waals surface area contributed by atoms with Gasteiger partial charge in [0, 0.05) is 12.6 Å². The Kier molecular flexibility index (Phi) is 2.75. The molecule has 0 bridgehead atoms. The SMILES string of the molecule is C=CCCN1C(=O)C(=O)c2cc(F)cc(F)c21. The summed E-state index contributed by atoms with van der Waals surface area (Å²) in [5.41, 5.74) is -0.347. The first-order chi connectivity index (χ1) is 8.06. The van der Waals surface area contributed by atoms with E-state index in [0.29, 0.717) is 12.5 Å². The second-order valence-corrected chi connectivity index (χ2v) is 3.65. The van der Waals surface area contributed by atoms with Crippen LogP contribution in [0.3, 0.4) is 0 Å². The van der Waals surface area contributed by atoms with E-state index in [1.165, 1.54) is 0 Å². The quantitative estimate of drug-likeness (QED) is 0.596. The molecule has 0 fully saturated rings. The number of ketones is 1. The molecule has 1 aromatic rings. The Labute approximate surface area is 96.3 Å². The van der Waals surface area contributed by atoms with Crippen LogP contribution in [0, 0.1) is 11.6 Å². The second kappa shape index (κ2) is 4.08. The number of hydrogen-bond donors (Lipinski definition) is 0. The zero-order valence-electron chi connectivity index (χ0n) is 8.87. The fourth-order valence-electron chi connectivity index (χ4n) is 1.79. The molecule has 2 rings (SSSR count). The minimum Gasteiger partial charge on any atom is -0.302 e. The highest BCUT2D eigenvalue weighted by Crippen LogP contribution is 2.32. The Morgan fingerprint density at radius 2 is 2.00 bits per heavy atom. The first kappa shape index (κ1) is 11.4. The smallest absolute Gasteiger partial charge is 0.299 e. The zero-order valence-corrected chi connectivity index (χ0v) is 8.87. The van der Waals surface area contributed by atoms with Gasteiger partial charge in [-0.1, -0.05) is 6.08 Å². The Bertz CT molecular complexity index is 525. The third kappa shape index (κ3) is 1.73. The van der Waals surface area contributed by atoms with Gasteiger partial charge in [-0.2, -0.15) is 0 Å². The van der Waals surface area contributed by atoms with Gasteiger partial charge in [0.2, 0.25) is 0 Å². The first-order valence-electron chi connectivity index (χ1n) is 5.02. The summed E-state index contributed by atoms with van der Waals surface area (Å²) >= 11 is 0. The van der Waals surface area contributed by atoms with Crippen LogP contribution >= 0.6 is 0 Å². The zero-order chi connectivity index (χ0) is 12.6. The summed E-state index contributed by atoms with van der Waals surface area (Å²) in [4.78, 5) is 24.1. The Morgan fingerprint density at radius 3 is 2.65 bits per heavy atom. The molecule has 0 aliphatic carbocycles. The van der Waals surface area contributed by atoms with Crippen LogP contribution in [0.25, 0.3) is 0 Å². The number of carbonyl (C=O) groups excluding carboxylic acids is 2. The second-order valence-electron chi connectivity index (χ2n) is 3.65. The molecule has 0 saturated heterocycles. The number of benzene rings is 1. The number of fused-ring (bicyclic) bond motifs is 1. The molecule has 0 unspecified atom stereocenters. The average molecular weight is 237 g/mol. The van der Waals surface area contributed by atoms with Crippen LogP contribution in [0.4, 0.5) is 14.5 Å². The molecule has 1 amide bonds. The Morgan fingerprint density at radius 1 is 1.29 bits per heavy atom. The van der Waals surface area contributed by atoms with Crippen LogP contribution in [0.5, 0.6) is 0 Å². The van der Waals surface area contributed by atoms with E-state index in [0.717, 1.165) is 11.0 Å². The number of hydrogen-bond acceptors (Lipinski definition) is 2. The van der Waals surface area contributed by atoms with Crippen molar-refractivity contribution in [1.82, 2.24) is 0 Å². The summed E-state index contributed by atoms with van der Waals surface area (Å²) in [5.74, 6) is -3.47. The summed E-state index contributed by atoms with van der Waals surface area (Å²) in [5, 5.41) is 0. The predicted octanol–water partition coefficient (Wildman–Crippen LogP) is 2.07. The van der Waals surface area contributed by atoms with Gasteiger partial charge in [0.25, 0.3) is 11.7 Å². The molecule has 1 aromatic carbocycles. The van der Waals surface area contributed by atoms with Crippen molar-refractivity contribution in [2.75, 3.05) is 11.4 Å². The molecule has 88 valence electrons. The van der Waals surface area contributed by atoms with Crippen molar-refractivity contribution in [3.05, 3.63) is 42.0 Å². The van der Waals surface area contributed by atoms with Crippen molar-refractivity contribution in [1.29, 1.82) is 0 Å². The van der Waals surface area contributed by atoms with Gasteiger partial charge in [-0.15, -0.1) is 6.58 Å². The lowest BCUT2D eigenvalue weighted by molar-refractivity contribution is -0.114. The van der Waals surface area contributed by atoms with Gasteiger partial charge >= 0.3 is 0 Å². The lowest BCUT2D eigenvalue weighted by Crippen LogP contribution is -2.30. The topological polar surface area (TPSA) is 37.4 Å². The van der Waals surface area contributed by atoms with Crippen LogP contribution in [0.15, 0.2) is 24.8 Å². The molecule has 0 N–H and O–H groups in total. The predicted molar refractivity (Wildman–Crippen MR) is 57.9 cm³/mol. The van der Waals surface area contributed by atoms with Crippen molar-refractivity contribution < 1.29 is 18.4 Å². The summed E-state index contributed by atoms with van der Waals surface area (Å²) < 4.78 is 26.5. The third-order valence-electron chi connectivity index (χ3n) is 2.54. The number of carbonyl (C=O) groups is 2. The molecule has 3 nitrogen and oxygen atoms in total. The van der Waals surface area contributed by atoms with Crippen molar-refractivity contribution in [2.45, 2.75) is 6.42 Å². The van der Waals surface area contributed by atoms with E-state index in [1.54, 1.807) is 6.08 Å². The Balaban J connectivity index is 2.52. The van der Waals surface area contributed by atoms with Gasteiger partial charge in [0.1, 0.15) is 5.82 Å². The van der Waals surface area contributed by atoms with Gasteiger partial charge in [-0.25, -0.2) is 8.78 Å². The van der Waals surface area contributed by atoms with Crippen LogP contribution in [-0.4, -0.2) is 18.2 Å². The monoisotopic (exact) mass is 237 g/mol. The lowest BCUT2D eigenvalue weighted by Gasteiger charge is -2.15. The normalized spacial score (nSPS) is 14.1. The molecule has 0 radical (unpaired) electrons. The Hall–Kier alpha value is -2.04. The average Bonchev–Trinajstić information content (AvgIpc) is 2.51. The van der Waals surface area contributed by atoms with Gasteiger partial charge in [0.15, 0.2) is 5.82 Å². The first-order valence-corrected chi connectivity index (χ1v) is 5.02. The van der Waals surface area contributed by atoms with E-state index >= 15 is 0 Å². The summed E-state index contributed by atoms with van der Waals surface area (Å²) in [6.07, 6.45) is 1.98. The molecule has 1 aliphatic heterocycles. The highest BCUT2D eigenvalue weighted by Gasteiger charge is 2.38. The van der Waals surface area contributed by atoms with Gasteiger partial charge in [-0.3, -0.25) is 9.59 Å². The molecular formula is C12H9F2NO2. The van der Waals surface area contributed by atoms with Crippen molar-refractivity contribution >= 4 is 17.4 Å². The van der Waals surface area contributed by atoms with Crippen LogP contribution in [0.1, 0.15) is 16.8 Å². The largest absolute Gasteiger partial charge is 0.302 e. The molecule has 0 atom stereocenters. The van der Waals surface area contributed by atoms with E-state index < -0.39 is 23.3 Å². The van der Waals surface area contributed by atoms with Crippen LogP contribution < -0.4 is 4.90 Å². The number of Topliss-reactive ketones (excluding diaryl/α,β-unsaturated/α-hetero) is 1. The van der Waals surface area contributed by atoms with Crippen molar-refractivity contribution in [3.8, 4) is 0 Å². The number of halogens is 2. The maximum atomic E-state index is 13.6. The van der Waals surface area contributed by atoms with Gasteiger partial charge < -0.3 is 4.90 Å². The fourth-order valence-corrected chi connectivity index (χ4v) is 1.79. The van der Waals surface area contributed by atoms with E-state index in [-0.39, 0.29) is 17.8 Å². The minimum absolute atomic E-state index is 0.136. The van der Waals surface area contributed by atoms with Crippen molar-refractivity contribution in [3.63, 3.8) is 0 Å². The maximum absolute atomic E-state index is 13.6.